The van der Waals surface area contributed by atoms with E-state index in [0.717, 1.165) is 41.7 Å². The van der Waals surface area contributed by atoms with Crippen molar-refractivity contribution in [2.45, 2.75) is 45.7 Å². The number of hydrogen-bond acceptors (Lipinski definition) is 2. The monoisotopic (exact) mass is 312 g/mol. The lowest BCUT2D eigenvalue weighted by molar-refractivity contribution is 0.193. The van der Waals surface area contributed by atoms with E-state index in [1.807, 2.05) is 30.0 Å². The summed E-state index contributed by atoms with van der Waals surface area (Å²) in [6, 6.07) is 6.30. The van der Waals surface area contributed by atoms with Gasteiger partial charge in [0.2, 0.25) is 0 Å². The first-order valence-corrected chi connectivity index (χ1v) is 8.33. The number of rotatable bonds is 5. The molecule has 23 heavy (non-hydrogen) atoms. The molecule has 2 aromatic rings. The van der Waals surface area contributed by atoms with Gasteiger partial charge in [-0.15, -0.1) is 0 Å². The largest absolute Gasteiger partial charge is 0.342 e. The van der Waals surface area contributed by atoms with Crippen LogP contribution in [-0.2, 0) is 6.54 Å². The molecule has 1 aliphatic heterocycles. The number of carbonyl (C=O) groups excluding carboxylic acids is 1. The summed E-state index contributed by atoms with van der Waals surface area (Å²) in [6.45, 7) is 5.36. The molecule has 1 aromatic heterocycles. The highest BCUT2D eigenvalue weighted by molar-refractivity contribution is 5.77. The summed E-state index contributed by atoms with van der Waals surface area (Å²) >= 11 is 0. The number of hydrogen-bond donors (Lipinski definition) is 2. The van der Waals surface area contributed by atoms with Crippen molar-refractivity contribution < 1.29 is 4.79 Å². The Morgan fingerprint density at radius 3 is 3.17 bits per heavy atom. The van der Waals surface area contributed by atoms with Crippen LogP contribution in [0.25, 0.3) is 11.0 Å². The molecule has 1 atom stereocenters. The maximum atomic E-state index is 12.4. The number of imidazole rings is 1. The zero-order valence-corrected chi connectivity index (χ0v) is 13.8. The summed E-state index contributed by atoms with van der Waals surface area (Å²) in [7, 11) is 0. The average molecular weight is 312 g/mol. The molecule has 1 aromatic carbocycles. The molecule has 0 saturated carbocycles. The average Bonchev–Trinajstić information content (AvgIpc) is 3.15. The summed E-state index contributed by atoms with van der Waals surface area (Å²) in [5.41, 5.74) is 3.05. The third kappa shape index (κ3) is 3.55. The normalized spacial score (nSPS) is 17.1. The molecule has 3 rings (SSSR count). The van der Waals surface area contributed by atoms with E-state index >= 15 is 0 Å². The fraction of sp³-hybridized carbons (Fsp3) is 0.444. The molecule has 2 amide bonds. The van der Waals surface area contributed by atoms with Crippen LogP contribution < -0.4 is 5.32 Å². The smallest absolute Gasteiger partial charge is 0.318 e. The van der Waals surface area contributed by atoms with Crippen molar-refractivity contribution in [1.82, 2.24) is 20.2 Å². The second kappa shape index (κ2) is 6.86. The van der Waals surface area contributed by atoms with Gasteiger partial charge >= 0.3 is 6.03 Å². The Morgan fingerprint density at radius 1 is 1.48 bits per heavy atom. The minimum absolute atomic E-state index is 0.0111. The van der Waals surface area contributed by atoms with Crippen molar-refractivity contribution in [2.75, 3.05) is 6.54 Å². The molecule has 2 heterocycles. The molecule has 0 spiro atoms. The molecule has 1 aliphatic rings. The van der Waals surface area contributed by atoms with E-state index < -0.39 is 0 Å². The number of unbranched alkanes of at least 4 members (excludes halogenated alkanes) is 1. The lowest BCUT2D eigenvalue weighted by atomic mass is 10.1. The first-order valence-electron chi connectivity index (χ1n) is 8.33. The summed E-state index contributed by atoms with van der Waals surface area (Å²) < 4.78 is 0. The van der Waals surface area contributed by atoms with Crippen LogP contribution >= 0.6 is 0 Å². The van der Waals surface area contributed by atoms with Crippen molar-refractivity contribution >= 4 is 17.1 Å². The molecule has 0 saturated heterocycles. The van der Waals surface area contributed by atoms with E-state index in [1.54, 1.807) is 0 Å². The minimum Gasteiger partial charge on any atom is -0.342 e. The van der Waals surface area contributed by atoms with Gasteiger partial charge in [-0.25, -0.2) is 9.78 Å². The number of fused-ring (bicyclic) bond motifs is 1. The van der Waals surface area contributed by atoms with E-state index in [2.05, 4.69) is 34.4 Å². The Balaban J connectivity index is 1.59. The molecular formula is C18H24N4O. The molecule has 0 fully saturated rings. The molecular weight excluding hydrogens is 288 g/mol. The number of amides is 2. The maximum Gasteiger partial charge on any atom is 0.318 e. The summed E-state index contributed by atoms with van der Waals surface area (Å²) in [4.78, 5) is 21.9. The first-order chi connectivity index (χ1) is 11.2. The van der Waals surface area contributed by atoms with Crippen molar-refractivity contribution in [3.63, 3.8) is 0 Å². The van der Waals surface area contributed by atoms with Crippen LogP contribution in [0.2, 0.25) is 0 Å². The Labute approximate surface area is 136 Å². The second-order valence-corrected chi connectivity index (χ2v) is 6.12. The number of H-pyrrole nitrogens is 1. The lowest BCUT2D eigenvalue weighted by Crippen LogP contribution is -2.42. The van der Waals surface area contributed by atoms with Crippen LogP contribution in [0.1, 0.15) is 37.6 Å². The van der Waals surface area contributed by atoms with Crippen LogP contribution in [0.5, 0.6) is 0 Å². The Hall–Kier alpha value is -2.30. The SMILES string of the molecule is CCCC[C@H]1C=CCN1C(=O)NCc1ccc2nc(C)[nH]c2c1. The summed E-state index contributed by atoms with van der Waals surface area (Å²) in [6.07, 6.45) is 7.58. The van der Waals surface area contributed by atoms with E-state index in [0.29, 0.717) is 13.1 Å². The molecule has 0 aliphatic carbocycles. The molecule has 0 bridgehead atoms. The van der Waals surface area contributed by atoms with Gasteiger partial charge in [-0.1, -0.05) is 38.0 Å². The lowest BCUT2D eigenvalue weighted by Gasteiger charge is -2.24. The quantitative estimate of drug-likeness (QED) is 0.830. The minimum atomic E-state index is 0.0111. The maximum absolute atomic E-state index is 12.4. The third-order valence-electron chi connectivity index (χ3n) is 4.28. The fourth-order valence-electron chi connectivity index (χ4n) is 3.04. The van der Waals surface area contributed by atoms with Crippen LogP contribution in [0.4, 0.5) is 4.79 Å². The highest BCUT2D eigenvalue weighted by Gasteiger charge is 2.23. The number of aromatic nitrogens is 2. The molecule has 5 nitrogen and oxygen atoms in total. The van der Waals surface area contributed by atoms with Crippen LogP contribution in [0, 0.1) is 6.92 Å². The number of nitrogens with zero attached hydrogens (tertiary/aromatic N) is 2. The van der Waals surface area contributed by atoms with Crippen molar-refractivity contribution in [1.29, 1.82) is 0 Å². The zero-order valence-electron chi connectivity index (χ0n) is 13.8. The van der Waals surface area contributed by atoms with Gasteiger partial charge in [0.1, 0.15) is 5.82 Å². The third-order valence-corrected chi connectivity index (χ3v) is 4.28. The van der Waals surface area contributed by atoms with Crippen molar-refractivity contribution in [3.05, 3.63) is 41.7 Å². The second-order valence-electron chi connectivity index (χ2n) is 6.12. The van der Waals surface area contributed by atoms with Crippen LogP contribution in [0.3, 0.4) is 0 Å². The number of carbonyl (C=O) groups is 1. The van der Waals surface area contributed by atoms with E-state index in [-0.39, 0.29) is 12.1 Å². The number of urea groups is 1. The highest BCUT2D eigenvalue weighted by atomic mass is 16.2. The Bertz CT molecular complexity index is 719. The standard InChI is InChI=1S/C18H24N4O/c1-3-4-6-15-7-5-10-22(15)18(23)19-12-14-8-9-16-17(11-14)21-13(2)20-16/h5,7-9,11,15H,3-4,6,10,12H2,1-2H3,(H,19,23)(H,20,21)/t15-/m0/s1. The highest BCUT2D eigenvalue weighted by Crippen LogP contribution is 2.17. The van der Waals surface area contributed by atoms with Gasteiger partial charge in [0.15, 0.2) is 0 Å². The zero-order chi connectivity index (χ0) is 16.2. The molecule has 0 radical (unpaired) electrons. The van der Waals surface area contributed by atoms with Gasteiger partial charge < -0.3 is 15.2 Å². The number of benzene rings is 1. The Morgan fingerprint density at radius 2 is 2.35 bits per heavy atom. The first kappa shape index (κ1) is 15.6. The van der Waals surface area contributed by atoms with Crippen LogP contribution in [0.15, 0.2) is 30.4 Å². The summed E-state index contributed by atoms with van der Waals surface area (Å²) in [5, 5.41) is 3.03. The van der Waals surface area contributed by atoms with Gasteiger partial charge in [0.25, 0.3) is 0 Å². The fourth-order valence-corrected chi connectivity index (χ4v) is 3.04. The van der Waals surface area contributed by atoms with E-state index in [4.69, 9.17) is 0 Å². The van der Waals surface area contributed by atoms with Gasteiger partial charge in [-0.05, 0) is 31.0 Å². The molecule has 5 heteroatoms. The van der Waals surface area contributed by atoms with Gasteiger partial charge in [-0.2, -0.15) is 0 Å². The number of aryl methyl sites for hydroxylation is 1. The predicted octanol–water partition coefficient (Wildman–Crippen LogP) is 3.51. The van der Waals surface area contributed by atoms with Gasteiger partial charge in [0, 0.05) is 13.1 Å². The molecule has 0 unspecified atom stereocenters. The number of aromatic amines is 1. The van der Waals surface area contributed by atoms with Gasteiger partial charge in [-0.3, -0.25) is 0 Å². The van der Waals surface area contributed by atoms with Crippen LogP contribution in [-0.4, -0.2) is 33.5 Å². The van der Waals surface area contributed by atoms with E-state index in [9.17, 15) is 4.79 Å². The number of nitrogens with one attached hydrogen (secondary N) is 2. The molecule has 122 valence electrons. The van der Waals surface area contributed by atoms with Crippen molar-refractivity contribution in [3.8, 4) is 0 Å². The summed E-state index contributed by atoms with van der Waals surface area (Å²) in [5.74, 6) is 0.906. The predicted molar refractivity (Wildman–Crippen MR) is 92.2 cm³/mol. The van der Waals surface area contributed by atoms with E-state index in [1.165, 1.54) is 0 Å². The molecule has 2 N–H and O–H groups in total. The topological polar surface area (TPSA) is 61.0 Å². The Kier molecular flexibility index (Phi) is 4.65. The van der Waals surface area contributed by atoms with Gasteiger partial charge in [0.05, 0.1) is 17.1 Å². The van der Waals surface area contributed by atoms with Crippen molar-refractivity contribution in [2.24, 2.45) is 0 Å².